The van der Waals surface area contributed by atoms with Gasteiger partial charge in [-0.05, 0) is 74.2 Å². The maximum Gasteiger partial charge on any atom is 0.318 e. The topological polar surface area (TPSA) is 81.8 Å². The standard InChI is InChI=1S/C22H36N4O3S/c1-4-11-25(16-17-9-12-26(13-10-17)30(3,28)29)21-8-6-18-5-7-20(14-19(18)15-21)24-22(27)23-2/h5,7,14,17,21H,4,6,8-13,15-16H2,1-3H3,(H2,23,24,27). The number of urea groups is 1. The van der Waals surface area contributed by atoms with Gasteiger partial charge in [-0.2, -0.15) is 0 Å². The molecule has 1 saturated heterocycles. The third-order valence-corrected chi connectivity index (χ3v) is 7.76. The molecule has 168 valence electrons. The molecule has 0 spiro atoms. The summed E-state index contributed by atoms with van der Waals surface area (Å²) in [5.74, 6) is 0.553. The van der Waals surface area contributed by atoms with Crippen molar-refractivity contribution in [3.05, 3.63) is 29.3 Å². The summed E-state index contributed by atoms with van der Waals surface area (Å²) in [6.07, 6.45) is 7.52. The minimum absolute atomic E-state index is 0.199. The number of anilines is 1. The number of hydrogen-bond donors (Lipinski definition) is 2. The maximum absolute atomic E-state index is 11.8. The van der Waals surface area contributed by atoms with Crippen LogP contribution in [0.1, 0.15) is 43.7 Å². The van der Waals surface area contributed by atoms with Crippen molar-refractivity contribution in [2.75, 3.05) is 44.8 Å². The molecule has 1 heterocycles. The van der Waals surface area contributed by atoms with E-state index in [4.69, 9.17) is 0 Å². The van der Waals surface area contributed by atoms with Crippen LogP contribution in [0, 0.1) is 5.92 Å². The quantitative estimate of drug-likeness (QED) is 0.689. The largest absolute Gasteiger partial charge is 0.341 e. The van der Waals surface area contributed by atoms with E-state index in [2.05, 4.69) is 34.6 Å². The molecule has 3 rings (SSSR count). The SMILES string of the molecule is CCCN(CC1CCN(S(C)(=O)=O)CC1)C1CCc2ccc(NC(=O)NC)cc2C1. The summed E-state index contributed by atoms with van der Waals surface area (Å²) in [6.45, 7) is 5.63. The number of hydrogen-bond acceptors (Lipinski definition) is 4. The molecule has 1 aromatic rings. The monoisotopic (exact) mass is 436 g/mol. The molecule has 1 aliphatic heterocycles. The Kier molecular flexibility index (Phi) is 7.76. The van der Waals surface area contributed by atoms with Crippen LogP contribution in [-0.4, -0.2) is 69.2 Å². The summed E-state index contributed by atoms with van der Waals surface area (Å²) in [5, 5.41) is 5.47. The van der Waals surface area contributed by atoms with Crippen LogP contribution in [0.2, 0.25) is 0 Å². The molecule has 1 fully saturated rings. The number of sulfonamides is 1. The first kappa shape index (κ1) is 23.0. The lowest BCUT2D eigenvalue weighted by molar-refractivity contribution is 0.129. The van der Waals surface area contributed by atoms with Gasteiger partial charge in [-0.1, -0.05) is 13.0 Å². The minimum Gasteiger partial charge on any atom is -0.341 e. The van der Waals surface area contributed by atoms with Crippen LogP contribution >= 0.6 is 0 Å². The number of amides is 2. The lowest BCUT2D eigenvalue weighted by Crippen LogP contribution is -2.45. The first-order valence-electron chi connectivity index (χ1n) is 11.1. The molecule has 0 saturated carbocycles. The predicted octanol–water partition coefficient (Wildman–Crippen LogP) is 2.68. The van der Waals surface area contributed by atoms with Crippen molar-refractivity contribution >= 4 is 21.7 Å². The van der Waals surface area contributed by atoms with Crippen LogP contribution in [0.15, 0.2) is 18.2 Å². The number of carbonyl (C=O) groups excluding carboxylic acids is 1. The molecule has 30 heavy (non-hydrogen) atoms. The van der Waals surface area contributed by atoms with E-state index < -0.39 is 10.0 Å². The van der Waals surface area contributed by atoms with E-state index in [0.717, 1.165) is 57.3 Å². The van der Waals surface area contributed by atoms with Crippen molar-refractivity contribution in [1.82, 2.24) is 14.5 Å². The molecular formula is C22H36N4O3S. The van der Waals surface area contributed by atoms with Crippen LogP contribution in [0.25, 0.3) is 0 Å². The van der Waals surface area contributed by atoms with Crippen molar-refractivity contribution in [1.29, 1.82) is 0 Å². The summed E-state index contributed by atoms with van der Waals surface area (Å²) in [6, 6.07) is 6.54. The molecular weight excluding hydrogens is 400 g/mol. The minimum atomic E-state index is -3.07. The third kappa shape index (κ3) is 5.95. The van der Waals surface area contributed by atoms with E-state index in [1.54, 1.807) is 11.4 Å². The number of nitrogens with zero attached hydrogens (tertiary/aromatic N) is 2. The number of carbonyl (C=O) groups is 1. The molecule has 1 aromatic carbocycles. The first-order valence-corrected chi connectivity index (χ1v) is 12.9. The molecule has 0 aromatic heterocycles. The van der Waals surface area contributed by atoms with Crippen LogP contribution < -0.4 is 10.6 Å². The van der Waals surface area contributed by atoms with Gasteiger partial charge in [-0.25, -0.2) is 17.5 Å². The van der Waals surface area contributed by atoms with Crippen molar-refractivity contribution in [3.8, 4) is 0 Å². The van der Waals surface area contributed by atoms with E-state index >= 15 is 0 Å². The highest BCUT2D eigenvalue weighted by Gasteiger charge is 2.29. The Balaban J connectivity index is 1.63. The normalized spacial score (nSPS) is 20.7. The fraction of sp³-hybridized carbons (Fsp3) is 0.682. The van der Waals surface area contributed by atoms with Gasteiger partial charge in [0.05, 0.1) is 6.26 Å². The highest BCUT2D eigenvalue weighted by molar-refractivity contribution is 7.88. The van der Waals surface area contributed by atoms with E-state index in [0.29, 0.717) is 25.0 Å². The van der Waals surface area contributed by atoms with Crippen molar-refractivity contribution in [3.63, 3.8) is 0 Å². The molecule has 1 aliphatic carbocycles. The molecule has 0 bridgehead atoms. The molecule has 1 atom stereocenters. The van der Waals surface area contributed by atoms with Gasteiger partial charge in [-0.3, -0.25) is 4.90 Å². The predicted molar refractivity (Wildman–Crippen MR) is 121 cm³/mol. The van der Waals surface area contributed by atoms with Gasteiger partial charge in [0.1, 0.15) is 0 Å². The number of nitrogens with one attached hydrogen (secondary N) is 2. The molecule has 2 amide bonds. The highest BCUT2D eigenvalue weighted by Crippen LogP contribution is 2.29. The molecule has 2 N–H and O–H groups in total. The molecule has 0 radical (unpaired) electrons. The van der Waals surface area contributed by atoms with Gasteiger partial charge < -0.3 is 10.6 Å². The Morgan fingerprint density at radius 3 is 2.57 bits per heavy atom. The fourth-order valence-electron chi connectivity index (χ4n) is 4.79. The zero-order chi connectivity index (χ0) is 21.7. The summed E-state index contributed by atoms with van der Waals surface area (Å²) < 4.78 is 25.2. The first-order chi connectivity index (χ1) is 14.3. The molecule has 8 heteroatoms. The van der Waals surface area contributed by atoms with Crippen molar-refractivity contribution < 1.29 is 13.2 Å². The average molecular weight is 437 g/mol. The Morgan fingerprint density at radius 2 is 1.93 bits per heavy atom. The number of fused-ring (bicyclic) bond motifs is 1. The molecule has 2 aliphatic rings. The van der Waals surface area contributed by atoms with Crippen LogP contribution in [-0.2, 0) is 22.9 Å². The zero-order valence-electron chi connectivity index (χ0n) is 18.5. The zero-order valence-corrected chi connectivity index (χ0v) is 19.3. The maximum atomic E-state index is 11.8. The van der Waals surface area contributed by atoms with Crippen molar-refractivity contribution in [2.24, 2.45) is 5.92 Å². The van der Waals surface area contributed by atoms with Gasteiger partial charge in [0, 0.05) is 38.4 Å². The second-order valence-corrected chi connectivity index (χ2v) is 10.7. The Morgan fingerprint density at radius 1 is 1.20 bits per heavy atom. The van der Waals surface area contributed by atoms with Crippen LogP contribution in [0.3, 0.4) is 0 Å². The van der Waals surface area contributed by atoms with E-state index in [1.165, 1.54) is 17.4 Å². The lowest BCUT2D eigenvalue weighted by Gasteiger charge is -2.39. The highest BCUT2D eigenvalue weighted by atomic mass is 32.2. The lowest BCUT2D eigenvalue weighted by atomic mass is 9.86. The van der Waals surface area contributed by atoms with E-state index in [9.17, 15) is 13.2 Å². The summed E-state index contributed by atoms with van der Waals surface area (Å²) in [5.41, 5.74) is 3.55. The Hall–Kier alpha value is -1.64. The second-order valence-electron chi connectivity index (χ2n) is 8.68. The van der Waals surface area contributed by atoms with E-state index in [-0.39, 0.29) is 6.03 Å². The average Bonchev–Trinajstić information content (AvgIpc) is 2.72. The van der Waals surface area contributed by atoms with Gasteiger partial charge >= 0.3 is 6.03 Å². The number of aryl methyl sites for hydroxylation is 1. The van der Waals surface area contributed by atoms with Gasteiger partial charge in [-0.15, -0.1) is 0 Å². The number of rotatable bonds is 7. The summed E-state index contributed by atoms with van der Waals surface area (Å²) in [7, 11) is -1.45. The second kappa shape index (κ2) is 10.1. The number of benzene rings is 1. The summed E-state index contributed by atoms with van der Waals surface area (Å²) in [4.78, 5) is 14.3. The molecule has 7 nitrogen and oxygen atoms in total. The Labute approximate surface area is 181 Å². The third-order valence-electron chi connectivity index (χ3n) is 6.46. The van der Waals surface area contributed by atoms with Gasteiger partial charge in [0.2, 0.25) is 10.0 Å². The van der Waals surface area contributed by atoms with Gasteiger partial charge in [0.25, 0.3) is 0 Å². The fourth-order valence-corrected chi connectivity index (χ4v) is 5.66. The van der Waals surface area contributed by atoms with E-state index in [1.807, 2.05) is 6.07 Å². The smallest absolute Gasteiger partial charge is 0.318 e. The Bertz CT molecular complexity index is 835. The number of piperidine rings is 1. The molecule has 1 unspecified atom stereocenters. The van der Waals surface area contributed by atoms with Crippen LogP contribution in [0.5, 0.6) is 0 Å². The van der Waals surface area contributed by atoms with Crippen molar-refractivity contribution in [2.45, 2.75) is 51.5 Å². The van der Waals surface area contributed by atoms with Crippen LogP contribution in [0.4, 0.5) is 10.5 Å². The summed E-state index contributed by atoms with van der Waals surface area (Å²) >= 11 is 0. The van der Waals surface area contributed by atoms with Gasteiger partial charge in [0.15, 0.2) is 0 Å².